The molecule has 15 heteroatoms. The lowest BCUT2D eigenvalue weighted by atomic mass is 9.96. The number of esters is 3. The number of hydrogen-bond donors (Lipinski definition) is 1. The third-order valence-electron chi connectivity index (χ3n) is 5.43. The largest absolute Gasteiger partial charge is 0.471 e. The minimum atomic E-state index is -5.36. The summed E-state index contributed by atoms with van der Waals surface area (Å²) in [6, 6.07) is 3.53. The van der Waals surface area contributed by atoms with E-state index in [1.807, 2.05) is 0 Å². The summed E-state index contributed by atoms with van der Waals surface area (Å²) in [7, 11) is 0. The number of fused-ring (bicyclic) bond motifs is 1. The van der Waals surface area contributed by atoms with Crippen LogP contribution in [0.25, 0.3) is 11.0 Å². The smallest absolute Gasteiger partial charge is 0.463 e. The van der Waals surface area contributed by atoms with Gasteiger partial charge < -0.3 is 33.4 Å². The number of rotatable bonds is 7. The first-order valence-electron chi connectivity index (χ1n) is 11.4. The third kappa shape index (κ3) is 7.46. The Bertz CT molecular complexity index is 1320. The number of amides is 1. The van der Waals surface area contributed by atoms with Crippen molar-refractivity contribution in [2.24, 2.45) is 0 Å². The van der Waals surface area contributed by atoms with E-state index in [-0.39, 0.29) is 11.3 Å². The van der Waals surface area contributed by atoms with E-state index in [1.165, 1.54) is 24.3 Å². The van der Waals surface area contributed by atoms with Crippen LogP contribution in [0.15, 0.2) is 33.5 Å². The van der Waals surface area contributed by atoms with Gasteiger partial charge in [0.2, 0.25) is 6.29 Å². The molecule has 1 aromatic heterocycles. The van der Waals surface area contributed by atoms with Crippen LogP contribution in [0, 0.1) is 6.92 Å². The first kappa shape index (κ1) is 29.4. The highest BCUT2D eigenvalue weighted by atomic mass is 19.4. The number of ether oxygens (including phenoxy) is 5. The minimum Gasteiger partial charge on any atom is -0.463 e. The van der Waals surface area contributed by atoms with Crippen molar-refractivity contribution in [2.45, 2.75) is 64.5 Å². The van der Waals surface area contributed by atoms with Crippen molar-refractivity contribution in [3.05, 3.63) is 40.2 Å². The highest BCUT2D eigenvalue weighted by Gasteiger charge is 2.54. The van der Waals surface area contributed by atoms with Gasteiger partial charge in [-0.15, -0.1) is 0 Å². The van der Waals surface area contributed by atoms with E-state index in [2.05, 4.69) is 0 Å². The molecular formula is C24H24F3NO11. The van der Waals surface area contributed by atoms with E-state index < -0.39 is 72.9 Å². The molecule has 212 valence electrons. The lowest BCUT2D eigenvalue weighted by Gasteiger charge is -2.44. The number of carbonyl (C=O) groups is 4. The molecule has 0 radical (unpaired) electrons. The highest BCUT2D eigenvalue weighted by molar-refractivity contribution is 5.82. The zero-order valence-corrected chi connectivity index (χ0v) is 21.0. The average Bonchev–Trinajstić information content (AvgIpc) is 2.79. The minimum absolute atomic E-state index is 0.0775. The Morgan fingerprint density at radius 1 is 0.974 bits per heavy atom. The van der Waals surface area contributed by atoms with Crippen LogP contribution in [0.4, 0.5) is 13.2 Å². The molecule has 1 fully saturated rings. The maximum Gasteiger partial charge on any atom is 0.471 e. The molecule has 1 amide bonds. The van der Waals surface area contributed by atoms with Gasteiger partial charge in [0, 0.05) is 38.3 Å². The van der Waals surface area contributed by atoms with Crippen LogP contribution in [0.1, 0.15) is 26.3 Å². The Morgan fingerprint density at radius 3 is 2.21 bits per heavy atom. The molecule has 0 bridgehead atoms. The first-order valence-corrected chi connectivity index (χ1v) is 11.4. The van der Waals surface area contributed by atoms with Gasteiger partial charge in [-0.1, -0.05) is 0 Å². The van der Waals surface area contributed by atoms with E-state index >= 15 is 0 Å². The summed E-state index contributed by atoms with van der Waals surface area (Å²) in [5.41, 5.74) is -0.00502. The predicted octanol–water partition coefficient (Wildman–Crippen LogP) is 1.68. The van der Waals surface area contributed by atoms with E-state index in [0.717, 1.165) is 20.8 Å². The standard InChI is InChI=1S/C24H24F3NO11/c1-10-7-18(32)38-16-8-14(5-6-15(10)16)37-22-19(28-23(33)24(25,26)27)21(36-13(4)31)20(35-12(3)30)17(39-22)9-34-11(2)29/h5-8,17,19-22H,9H2,1-4H3,(H,28,33)/t17-,19-,20-,21-,22+/m1/s1. The summed E-state index contributed by atoms with van der Waals surface area (Å²) in [4.78, 5) is 58.9. The van der Waals surface area contributed by atoms with Gasteiger partial charge in [0.1, 0.15) is 30.1 Å². The summed E-state index contributed by atoms with van der Waals surface area (Å²) in [5, 5.41) is 2.20. The van der Waals surface area contributed by atoms with E-state index in [0.29, 0.717) is 10.9 Å². The fourth-order valence-corrected chi connectivity index (χ4v) is 3.90. The van der Waals surface area contributed by atoms with Crippen LogP contribution in [0.5, 0.6) is 5.75 Å². The first-order chi connectivity index (χ1) is 18.1. The maximum atomic E-state index is 13.2. The zero-order chi connectivity index (χ0) is 29.1. The van der Waals surface area contributed by atoms with Crippen molar-refractivity contribution in [3.8, 4) is 5.75 Å². The molecule has 1 aromatic carbocycles. The van der Waals surface area contributed by atoms with Crippen molar-refractivity contribution < 1.29 is 60.5 Å². The Balaban J connectivity index is 2.08. The molecule has 2 aromatic rings. The molecule has 1 aliphatic heterocycles. The van der Waals surface area contributed by atoms with Crippen LogP contribution in [-0.2, 0) is 38.1 Å². The van der Waals surface area contributed by atoms with Gasteiger partial charge in [0.15, 0.2) is 12.2 Å². The summed E-state index contributed by atoms with van der Waals surface area (Å²) >= 11 is 0. The van der Waals surface area contributed by atoms with Crippen molar-refractivity contribution in [3.63, 3.8) is 0 Å². The fourth-order valence-electron chi connectivity index (χ4n) is 3.90. The molecule has 1 N–H and O–H groups in total. The number of hydrogen-bond acceptors (Lipinski definition) is 11. The van der Waals surface area contributed by atoms with Crippen LogP contribution >= 0.6 is 0 Å². The molecule has 0 unspecified atom stereocenters. The van der Waals surface area contributed by atoms with Crippen molar-refractivity contribution in [1.29, 1.82) is 0 Å². The fraction of sp³-hybridized carbons (Fsp3) is 0.458. The second-order valence-electron chi connectivity index (χ2n) is 8.51. The summed E-state index contributed by atoms with van der Waals surface area (Å²) < 4.78 is 71.5. The van der Waals surface area contributed by atoms with Crippen LogP contribution in [0.3, 0.4) is 0 Å². The van der Waals surface area contributed by atoms with Gasteiger partial charge in [0.25, 0.3) is 0 Å². The third-order valence-corrected chi connectivity index (χ3v) is 5.43. The van der Waals surface area contributed by atoms with Gasteiger partial charge in [-0.05, 0) is 24.6 Å². The summed E-state index contributed by atoms with van der Waals surface area (Å²) in [5.74, 6) is -5.21. The van der Waals surface area contributed by atoms with Crippen molar-refractivity contribution >= 4 is 34.8 Å². The topological polar surface area (TPSA) is 157 Å². The molecule has 39 heavy (non-hydrogen) atoms. The van der Waals surface area contributed by atoms with Crippen LogP contribution in [0.2, 0.25) is 0 Å². The SMILES string of the molecule is CC(=O)OC[C@H]1O[C@H](Oc2ccc3c(C)cc(=O)oc3c2)[C@H](NC(=O)C(F)(F)F)[C@@H](OC(C)=O)[C@@H]1OC(C)=O. The molecule has 12 nitrogen and oxygen atoms in total. The van der Waals surface area contributed by atoms with Gasteiger partial charge in [-0.2, -0.15) is 13.2 Å². The lowest BCUT2D eigenvalue weighted by Crippen LogP contribution is -2.68. The van der Waals surface area contributed by atoms with Gasteiger partial charge in [0.05, 0.1) is 0 Å². The molecule has 0 spiro atoms. The molecular weight excluding hydrogens is 535 g/mol. The van der Waals surface area contributed by atoms with E-state index in [4.69, 9.17) is 28.1 Å². The Labute approximate surface area is 218 Å². The normalized spacial score (nSPS) is 23.0. The molecule has 0 aliphatic carbocycles. The average molecular weight is 559 g/mol. The number of aryl methyl sites for hydroxylation is 1. The number of carbonyl (C=O) groups excluding carboxylic acids is 4. The summed E-state index contributed by atoms with van der Waals surface area (Å²) in [6.45, 7) is 4.05. The Kier molecular flexibility index (Phi) is 8.84. The lowest BCUT2D eigenvalue weighted by molar-refractivity contribution is -0.258. The molecule has 0 saturated carbocycles. The molecule has 3 rings (SSSR count). The zero-order valence-electron chi connectivity index (χ0n) is 21.0. The number of benzene rings is 1. The number of alkyl halides is 3. The predicted molar refractivity (Wildman–Crippen MR) is 122 cm³/mol. The Hall–Kier alpha value is -4.14. The number of halogens is 3. The molecule has 5 atom stereocenters. The quantitative estimate of drug-likeness (QED) is 0.299. The van der Waals surface area contributed by atoms with Gasteiger partial charge in [-0.3, -0.25) is 19.2 Å². The Morgan fingerprint density at radius 2 is 1.62 bits per heavy atom. The van der Waals surface area contributed by atoms with E-state index in [9.17, 15) is 37.1 Å². The van der Waals surface area contributed by atoms with Crippen molar-refractivity contribution in [1.82, 2.24) is 5.32 Å². The van der Waals surface area contributed by atoms with Gasteiger partial charge >= 0.3 is 35.6 Å². The van der Waals surface area contributed by atoms with Crippen LogP contribution in [-0.4, -0.2) is 67.2 Å². The summed E-state index contributed by atoms with van der Waals surface area (Å²) in [6.07, 6.45) is -12.0. The van der Waals surface area contributed by atoms with Gasteiger partial charge in [-0.25, -0.2) is 4.79 Å². The second-order valence-corrected chi connectivity index (χ2v) is 8.51. The molecule has 1 aliphatic rings. The van der Waals surface area contributed by atoms with Crippen LogP contribution < -0.4 is 15.7 Å². The monoisotopic (exact) mass is 559 g/mol. The highest BCUT2D eigenvalue weighted by Crippen LogP contribution is 2.31. The van der Waals surface area contributed by atoms with Crippen molar-refractivity contribution in [2.75, 3.05) is 6.61 Å². The van der Waals surface area contributed by atoms with E-state index in [1.54, 1.807) is 12.2 Å². The maximum absolute atomic E-state index is 13.2. The number of nitrogens with one attached hydrogen (secondary N) is 1. The second kappa shape index (κ2) is 11.7. The molecule has 2 heterocycles. The molecule has 1 saturated heterocycles.